The Hall–Kier alpha value is -1.50. The summed E-state index contributed by atoms with van der Waals surface area (Å²) < 4.78 is 43.6. The van der Waals surface area contributed by atoms with Crippen LogP contribution in [-0.4, -0.2) is 31.3 Å². The molecule has 4 nitrogen and oxygen atoms in total. The van der Waals surface area contributed by atoms with E-state index < -0.39 is 11.7 Å². The van der Waals surface area contributed by atoms with E-state index in [4.69, 9.17) is 4.74 Å². The number of halogens is 3. The van der Waals surface area contributed by atoms with Crippen molar-refractivity contribution in [1.29, 1.82) is 0 Å². The van der Waals surface area contributed by atoms with Crippen LogP contribution in [0.4, 0.5) is 24.8 Å². The number of pyridine rings is 1. The van der Waals surface area contributed by atoms with E-state index in [1.807, 2.05) is 13.8 Å². The standard InChI is InChI=1S/C14H22F3N3O/c1-10(2)21-7-5-4-6-19-13-9-11(14(15,16)17)8-12(18-3)20-13/h8-10H,4-7H2,1-3H3,(H2,18,19,20). The number of aromatic nitrogens is 1. The Morgan fingerprint density at radius 3 is 2.43 bits per heavy atom. The summed E-state index contributed by atoms with van der Waals surface area (Å²) in [6.07, 6.45) is -2.53. The van der Waals surface area contributed by atoms with Gasteiger partial charge in [-0.1, -0.05) is 0 Å². The molecular weight excluding hydrogens is 283 g/mol. The Morgan fingerprint density at radius 2 is 1.86 bits per heavy atom. The van der Waals surface area contributed by atoms with Crippen molar-refractivity contribution in [2.24, 2.45) is 0 Å². The summed E-state index contributed by atoms with van der Waals surface area (Å²) in [5.41, 5.74) is -0.715. The number of hydrogen-bond donors (Lipinski definition) is 2. The average Bonchev–Trinajstić information content (AvgIpc) is 2.41. The minimum atomic E-state index is -4.38. The van der Waals surface area contributed by atoms with Crippen molar-refractivity contribution in [3.05, 3.63) is 17.7 Å². The second-order valence-electron chi connectivity index (χ2n) is 4.93. The van der Waals surface area contributed by atoms with Gasteiger partial charge in [-0.05, 0) is 38.8 Å². The molecule has 0 radical (unpaired) electrons. The van der Waals surface area contributed by atoms with Gasteiger partial charge >= 0.3 is 6.18 Å². The number of ether oxygens (including phenoxy) is 1. The van der Waals surface area contributed by atoms with Crippen LogP contribution in [0, 0.1) is 0 Å². The summed E-state index contributed by atoms with van der Waals surface area (Å²) in [6.45, 7) is 5.13. The third-order valence-electron chi connectivity index (χ3n) is 2.74. The number of rotatable bonds is 8. The third-order valence-corrected chi connectivity index (χ3v) is 2.74. The first-order valence-corrected chi connectivity index (χ1v) is 6.95. The molecule has 1 aromatic rings. The topological polar surface area (TPSA) is 46.2 Å². The van der Waals surface area contributed by atoms with Gasteiger partial charge in [-0.3, -0.25) is 0 Å². The second kappa shape index (κ2) is 8.07. The maximum Gasteiger partial charge on any atom is 0.416 e. The SMILES string of the molecule is CNc1cc(C(F)(F)F)cc(NCCCCOC(C)C)n1. The summed E-state index contributed by atoms with van der Waals surface area (Å²) in [5, 5.41) is 5.55. The minimum Gasteiger partial charge on any atom is -0.379 e. The van der Waals surface area contributed by atoms with E-state index in [9.17, 15) is 13.2 Å². The molecule has 120 valence electrons. The van der Waals surface area contributed by atoms with Gasteiger partial charge in [0.1, 0.15) is 11.6 Å². The number of hydrogen-bond acceptors (Lipinski definition) is 4. The van der Waals surface area contributed by atoms with E-state index in [0.717, 1.165) is 25.0 Å². The molecule has 0 aliphatic rings. The summed E-state index contributed by atoms with van der Waals surface area (Å²) >= 11 is 0. The third kappa shape index (κ3) is 6.66. The molecule has 0 aromatic carbocycles. The number of unbranched alkanes of at least 4 members (excludes halogenated alkanes) is 1. The van der Waals surface area contributed by atoms with Gasteiger partial charge in [-0.2, -0.15) is 13.2 Å². The average molecular weight is 305 g/mol. The Bertz CT molecular complexity index is 436. The van der Waals surface area contributed by atoms with Crippen molar-refractivity contribution >= 4 is 11.6 Å². The van der Waals surface area contributed by atoms with Crippen LogP contribution in [0.1, 0.15) is 32.3 Å². The van der Waals surface area contributed by atoms with Gasteiger partial charge in [0.05, 0.1) is 11.7 Å². The molecule has 0 fully saturated rings. The second-order valence-corrected chi connectivity index (χ2v) is 4.93. The lowest BCUT2D eigenvalue weighted by Gasteiger charge is -2.12. The number of nitrogens with zero attached hydrogens (tertiary/aromatic N) is 1. The Labute approximate surface area is 123 Å². The van der Waals surface area contributed by atoms with Crippen molar-refractivity contribution in [3.63, 3.8) is 0 Å². The van der Waals surface area contributed by atoms with E-state index in [2.05, 4.69) is 15.6 Å². The van der Waals surface area contributed by atoms with Crippen LogP contribution in [-0.2, 0) is 10.9 Å². The van der Waals surface area contributed by atoms with Gasteiger partial charge in [0.25, 0.3) is 0 Å². The van der Waals surface area contributed by atoms with E-state index in [1.54, 1.807) is 0 Å². The van der Waals surface area contributed by atoms with E-state index in [-0.39, 0.29) is 17.7 Å². The zero-order valence-electron chi connectivity index (χ0n) is 12.5. The van der Waals surface area contributed by atoms with Crippen LogP contribution in [0.2, 0.25) is 0 Å². The molecule has 2 N–H and O–H groups in total. The van der Waals surface area contributed by atoms with E-state index >= 15 is 0 Å². The molecule has 0 bridgehead atoms. The van der Waals surface area contributed by atoms with Crippen LogP contribution >= 0.6 is 0 Å². The van der Waals surface area contributed by atoms with Crippen LogP contribution in [0.15, 0.2) is 12.1 Å². The largest absolute Gasteiger partial charge is 0.416 e. The maximum atomic E-state index is 12.7. The van der Waals surface area contributed by atoms with Crippen molar-refractivity contribution in [3.8, 4) is 0 Å². The molecule has 21 heavy (non-hydrogen) atoms. The van der Waals surface area contributed by atoms with E-state index in [1.165, 1.54) is 7.05 Å². The van der Waals surface area contributed by atoms with Crippen LogP contribution < -0.4 is 10.6 Å². The van der Waals surface area contributed by atoms with Gasteiger partial charge in [0, 0.05) is 20.2 Å². The maximum absolute atomic E-state index is 12.7. The molecule has 1 rings (SSSR count). The van der Waals surface area contributed by atoms with Crippen molar-refractivity contribution < 1.29 is 17.9 Å². The zero-order valence-corrected chi connectivity index (χ0v) is 12.5. The first-order chi connectivity index (χ1) is 9.82. The lowest BCUT2D eigenvalue weighted by molar-refractivity contribution is -0.137. The first-order valence-electron chi connectivity index (χ1n) is 6.95. The highest BCUT2D eigenvalue weighted by molar-refractivity contribution is 5.49. The number of nitrogens with one attached hydrogen (secondary N) is 2. The van der Waals surface area contributed by atoms with Gasteiger partial charge in [-0.25, -0.2) is 4.98 Å². The monoisotopic (exact) mass is 305 g/mol. The first kappa shape index (κ1) is 17.6. The van der Waals surface area contributed by atoms with Gasteiger partial charge < -0.3 is 15.4 Å². The molecule has 1 heterocycles. The molecule has 0 spiro atoms. The Balaban J connectivity index is 2.51. The molecule has 0 aliphatic heterocycles. The molecule has 0 atom stereocenters. The minimum absolute atomic E-state index is 0.190. The normalized spacial score (nSPS) is 11.8. The van der Waals surface area contributed by atoms with Crippen LogP contribution in [0.5, 0.6) is 0 Å². The molecular formula is C14H22F3N3O. The van der Waals surface area contributed by atoms with E-state index in [0.29, 0.717) is 13.2 Å². The Morgan fingerprint density at radius 1 is 1.19 bits per heavy atom. The lowest BCUT2D eigenvalue weighted by Crippen LogP contribution is -2.11. The van der Waals surface area contributed by atoms with Crippen molar-refractivity contribution in [1.82, 2.24) is 4.98 Å². The van der Waals surface area contributed by atoms with Crippen LogP contribution in [0.25, 0.3) is 0 Å². The molecule has 0 unspecified atom stereocenters. The molecule has 1 aromatic heterocycles. The highest BCUT2D eigenvalue weighted by Gasteiger charge is 2.31. The van der Waals surface area contributed by atoms with Crippen molar-refractivity contribution in [2.45, 2.75) is 39.0 Å². The highest BCUT2D eigenvalue weighted by atomic mass is 19.4. The predicted octanol–water partition coefficient (Wildman–Crippen LogP) is 3.76. The Kier molecular flexibility index (Phi) is 6.74. The smallest absolute Gasteiger partial charge is 0.379 e. The summed E-state index contributed by atoms with van der Waals surface area (Å²) in [6, 6.07) is 2.01. The fourth-order valence-electron chi connectivity index (χ4n) is 1.68. The van der Waals surface area contributed by atoms with Gasteiger partial charge in [0.15, 0.2) is 0 Å². The van der Waals surface area contributed by atoms with Gasteiger partial charge in [0.2, 0.25) is 0 Å². The summed E-state index contributed by atoms with van der Waals surface area (Å²) in [4.78, 5) is 4.06. The van der Waals surface area contributed by atoms with Crippen molar-refractivity contribution in [2.75, 3.05) is 30.8 Å². The summed E-state index contributed by atoms with van der Waals surface area (Å²) in [5.74, 6) is 0.411. The fraction of sp³-hybridized carbons (Fsp3) is 0.643. The summed E-state index contributed by atoms with van der Waals surface area (Å²) in [7, 11) is 1.54. The highest BCUT2D eigenvalue weighted by Crippen LogP contribution is 2.31. The predicted molar refractivity (Wildman–Crippen MR) is 77.6 cm³/mol. The molecule has 7 heteroatoms. The molecule has 0 aliphatic carbocycles. The quantitative estimate of drug-likeness (QED) is 0.718. The van der Waals surface area contributed by atoms with Crippen LogP contribution in [0.3, 0.4) is 0 Å². The van der Waals surface area contributed by atoms with Gasteiger partial charge in [-0.15, -0.1) is 0 Å². The number of alkyl halides is 3. The fourth-order valence-corrected chi connectivity index (χ4v) is 1.68. The molecule has 0 amide bonds. The lowest BCUT2D eigenvalue weighted by atomic mass is 10.2. The number of anilines is 2. The molecule has 0 saturated heterocycles. The zero-order chi connectivity index (χ0) is 15.9. The molecule has 0 saturated carbocycles.